The molecule has 0 saturated carbocycles. The first kappa shape index (κ1) is 22.6. The minimum atomic E-state index is -0.944. The van der Waals surface area contributed by atoms with Crippen molar-refractivity contribution in [2.75, 3.05) is 19.1 Å². The van der Waals surface area contributed by atoms with E-state index in [-0.39, 0.29) is 34.4 Å². The molecule has 31 heavy (non-hydrogen) atoms. The van der Waals surface area contributed by atoms with E-state index in [1.165, 1.54) is 31.3 Å². The molecule has 164 valence electrons. The summed E-state index contributed by atoms with van der Waals surface area (Å²) < 4.78 is 24.4. The number of benzene rings is 2. The van der Waals surface area contributed by atoms with E-state index in [2.05, 4.69) is 0 Å². The number of methoxy groups -OCH3 is 2. The second-order valence-electron chi connectivity index (χ2n) is 7.57. The molecule has 8 heteroatoms. The molecule has 1 aliphatic heterocycles. The largest absolute Gasteiger partial charge is 0.503 e. The third kappa shape index (κ3) is 4.23. The molecule has 0 aliphatic carbocycles. The van der Waals surface area contributed by atoms with Gasteiger partial charge in [0.25, 0.3) is 5.91 Å². The number of aliphatic hydroxyl groups excluding tert-OH is 1. The molecule has 2 aromatic rings. The molecule has 3 rings (SSSR count). The van der Waals surface area contributed by atoms with Crippen LogP contribution in [0.5, 0.6) is 11.5 Å². The van der Waals surface area contributed by atoms with Crippen LogP contribution in [0, 0.1) is 11.7 Å². The van der Waals surface area contributed by atoms with Crippen LogP contribution in [0.2, 0.25) is 5.02 Å². The van der Waals surface area contributed by atoms with Gasteiger partial charge in [-0.1, -0.05) is 31.5 Å². The van der Waals surface area contributed by atoms with Gasteiger partial charge in [0, 0.05) is 12.1 Å². The van der Waals surface area contributed by atoms with Gasteiger partial charge in [0.15, 0.2) is 23.0 Å². The molecule has 1 aliphatic rings. The maximum atomic E-state index is 13.7. The first-order valence-corrected chi connectivity index (χ1v) is 10.0. The standard InChI is InChI=1S/C23H23ClFNO5/c1-12(2)9-17(27)20-21(13-5-8-18(30-3)19(10-13)31-4)26(23(29)22(20)28)14-6-7-16(25)15(24)11-14/h5-8,10-12,21,28H,9H2,1-4H3. The van der Waals surface area contributed by atoms with E-state index >= 15 is 0 Å². The van der Waals surface area contributed by atoms with E-state index in [1.807, 2.05) is 13.8 Å². The molecular formula is C23H23ClFNO5. The highest BCUT2D eigenvalue weighted by atomic mass is 35.5. The normalized spacial score (nSPS) is 16.3. The lowest BCUT2D eigenvalue weighted by atomic mass is 9.91. The van der Waals surface area contributed by atoms with Gasteiger partial charge in [0.05, 0.1) is 30.9 Å². The second-order valence-corrected chi connectivity index (χ2v) is 7.98. The highest BCUT2D eigenvalue weighted by Gasteiger charge is 2.44. The molecule has 0 aromatic heterocycles. The quantitative estimate of drug-likeness (QED) is 0.645. The van der Waals surface area contributed by atoms with Crippen molar-refractivity contribution >= 4 is 29.0 Å². The Morgan fingerprint density at radius 3 is 2.42 bits per heavy atom. The van der Waals surface area contributed by atoms with Gasteiger partial charge in [-0.25, -0.2) is 4.39 Å². The lowest BCUT2D eigenvalue weighted by Gasteiger charge is -2.27. The Balaban J connectivity index is 2.20. The van der Waals surface area contributed by atoms with Crippen molar-refractivity contribution in [1.82, 2.24) is 0 Å². The molecule has 1 amide bonds. The Hall–Kier alpha value is -3.06. The third-order valence-corrected chi connectivity index (χ3v) is 5.30. The van der Waals surface area contributed by atoms with Crippen LogP contribution in [0.1, 0.15) is 31.9 Å². The van der Waals surface area contributed by atoms with Crippen molar-refractivity contribution < 1.29 is 28.6 Å². The maximum Gasteiger partial charge on any atom is 0.294 e. The maximum absolute atomic E-state index is 13.7. The lowest BCUT2D eigenvalue weighted by molar-refractivity contribution is -0.118. The molecule has 1 heterocycles. The zero-order valence-corrected chi connectivity index (χ0v) is 18.4. The summed E-state index contributed by atoms with van der Waals surface area (Å²) in [7, 11) is 2.96. The average Bonchev–Trinajstić information content (AvgIpc) is 3.00. The fourth-order valence-corrected chi connectivity index (χ4v) is 3.79. The van der Waals surface area contributed by atoms with Gasteiger partial charge in [-0.2, -0.15) is 0 Å². The number of anilines is 1. The Bertz CT molecular complexity index is 1070. The third-order valence-electron chi connectivity index (χ3n) is 5.01. The molecule has 0 spiro atoms. The smallest absolute Gasteiger partial charge is 0.294 e. The fraction of sp³-hybridized carbons (Fsp3) is 0.304. The van der Waals surface area contributed by atoms with Gasteiger partial charge in [-0.05, 0) is 41.8 Å². The Labute approximate surface area is 184 Å². The number of carbonyl (C=O) groups is 2. The van der Waals surface area contributed by atoms with Crippen molar-refractivity contribution in [2.24, 2.45) is 5.92 Å². The Kier molecular flexibility index (Phi) is 6.55. The summed E-state index contributed by atoms with van der Waals surface area (Å²) in [4.78, 5) is 27.3. The minimum Gasteiger partial charge on any atom is -0.503 e. The lowest BCUT2D eigenvalue weighted by Crippen LogP contribution is -2.31. The predicted octanol–water partition coefficient (Wildman–Crippen LogP) is 5.01. The van der Waals surface area contributed by atoms with Gasteiger partial charge in [0.2, 0.25) is 0 Å². The summed E-state index contributed by atoms with van der Waals surface area (Å²) in [5, 5.41) is 10.5. The van der Waals surface area contributed by atoms with E-state index in [0.717, 1.165) is 6.07 Å². The molecule has 1 unspecified atom stereocenters. The number of nitrogens with zero attached hydrogens (tertiary/aromatic N) is 1. The van der Waals surface area contributed by atoms with Crippen molar-refractivity contribution in [2.45, 2.75) is 26.3 Å². The van der Waals surface area contributed by atoms with Crippen LogP contribution in [0.4, 0.5) is 10.1 Å². The second kappa shape index (κ2) is 8.98. The van der Waals surface area contributed by atoms with Crippen molar-refractivity contribution in [3.8, 4) is 11.5 Å². The fourth-order valence-electron chi connectivity index (χ4n) is 3.61. The summed E-state index contributed by atoms with van der Waals surface area (Å²) in [6, 6.07) is 7.80. The van der Waals surface area contributed by atoms with Crippen LogP contribution in [0.15, 0.2) is 47.7 Å². The van der Waals surface area contributed by atoms with Crippen molar-refractivity contribution in [3.05, 3.63) is 64.1 Å². The summed E-state index contributed by atoms with van der Waals surface area (Å²) in [5.41, 5.74) is 0.740. The summed E-state index contributed by atoms with van der Waals surface area (Å²) in [5.74, 6) is -1.52. The van der Waals surface area contributed by atoms with Gasteiger partial charge in [-0.3, -0.25) is 14.5 Å². The SMILES string of the molecule is COc1ccc(C2C(C(=O)CC(C)C)=C(O)C(=O)N2c2ccc(F)c(Cl)c2)cc1OC. The van der Waals surface area contributed by atoms with E-state index < -0.39 is 23.5 Å². The zero-order valence-electron chi connectivity index (χ0n) is 17.6. The molecule has 1 N–H and O–H groups in total. The van der Waals surface area contributed by atoms with Crippen molar-refractivity contribution in [1.29, 1.82) is 0 Å². The number of Topliss-reactive ketones (excluding diaryl/α,β-unsaturated/α-hetero) is 1. The number of ether oxygens (including phenoxy) is 2. The Morgan fingerprint density at radius 1 is 1.16 bits per heavy atom. The first-order chi connectivity index (χ1) is 14.7. The highest BCUT2D eigenvalue weighted by Crippen LogP contribution is 2.44. The van der Waals surface area contributed by atoms with Gasteiger partial charge in [0.1, 0.15) is 5.82 Å². The number of halogens is 2. The summed E-state index contributed by atoms with van der Waals surface area (Å²) in [6.45, 7) is 3.74. The molecule has 1 atom stereocenters. The average molecular weight is 448 g/mol. The van der Waals surface area contributed by atoms with Crippen LogP contribution in [-0.4, -0.2) is 31.0 Å². The number of aliphatic hydroxyl groups is 1. The molecule has 0 radical (unpaired) electrons. The molecule has 6 nitrogen and oxygen atoms in total. The van der Waals surface area contributed by atoms with Crippen LogP contribution in [0.25, 0.3) is 0 Å². The molecule has 2 aromatic carbocycles. The number of hydrogen-bond acceptors (Lipinski definition) is 5. The van der Waals surface area contributed by atoms with E-state index in [4.69, 9.17) is 21.1 Å². The topological polar surface area (TPSA) is 76.1 Å². The zero-order chi connectivity index (χ0) is 22.9. The van der Waals surface area contributed by atoms with Crippen LogP contribution in [0.3, 0.4) is 0 Å². The molecule has 0 bridgehead atoms. The van der Waals surface area contributed by atoms with E-state index in [1.54, 1.807) is 18.2 Å². The van der Waals surface area contributed by atoms with Gasteiger partial charge in [-0.15, -0.1) is 0 Å². The number of rotatable bonds is 7. The van der Waals surface area contributed by atoms with Crippen LogP contribution in [-0.2, 0) is 9.59 Å². The highest BCUT2D eigenvalue weighted by molar-refractivity contribution is 6.31. The van der Waals surface area contributed by atoms with Crippen molar-refractivity contribution in [3.63, 3.8) is 0 Å². The number of carbonyl (C=O) groups excluding carboxylic acids is 2. The first-order valence-electron chi connectivity index (χ1n) is 9.66. The molecular weight excluding hydrogens is 425 g/mol. The predicted molar refractivity (Wildman–Crippen MR) is 115 cm³/mol. The monoisotopic (exact) mass is 447 g/mol. The van der Waals surface area contributed by atoms with E-state index in [0.29, 0.717) is 17.1 Å². The molecule has 0 fully saturated rings. The van der Waals surface area contributed by atoms with Gasteiger partial charge >= 0.3 is 0 Å². The summed E-state index contributed by atoms with van der Waals surface area (Å²) >= 11 is 5.93. The Morgan fingerprint density at radius 2 is 1.84 bits per heavy atom. The minimum absolute atomic E-state index is 0.0169. The van der Waals surface area contributed by atoms with Gasteiger partial charge < -0.3 is 14.6 Å². The number of amides is 1. The molecule has 0 saturated heterocycles. The van der Waals surface area contributed by atoms with E-state index in [9.17, 15) is 19.1 Å². The summed E-state index contributed by atoms with van der Waals surface area (Å²) in [6.07, 6.45) is 0.147. The number of hydrogen-bond donors (Lipinski definition) is 1. The number of ketones is 1. The van der Waals surface area contributed by atoms with Crippen LogP contribution >= 0.6 is 11.6 Å². The van der Waals surface area contributed by atoms with Crippen LogP contribution < -0.4 is 14.4 Å².